The summed E-state index contributed by atoms with van der Waals surface area (Å²) >= 11 is 0. The molecular formula is C19H20N2O4. The first-order chi connectivity index (χ1) is 12.1. The maximum absolute atomic E-state index is 12.4. The SMILES string of the molecule is CCOc1cc(C#N)ccc1O[C@@H](C)C(=O)Nc1ccccc1OC. The highest BCUT2D eigenvalue weighted by atomic mass is 16.5. The molecular weight excluding hydrogens is 320 g/mol. The van der Waals surface area contributed by atoms with Crippen molar-refractivity contribution in [3.05, 3.63) is 48.0 Å². The van der Waals surface area contributed by atoms with Gasteiger partial charge in [0.15, 0.2) is 17.6 Å². The number of carbonyl (C=O) groups excluding carboxylic acids is 1. The summed E-state index contributed by atoms with van der Waals surface area (Å²) in [5.41, 5.74) is 1.03. The van der Waals surface area contributed by atoms with Crippen molar-refractivity contribution in [2.45, 2.75) is 20.0 Å². The third kappa shape index (κ3) is 4.64. The molecule has 2 aromatic rings. The zero-order valence-electron chi connectivity index (χ0n) is 14.4. The number of nitriles is 1. The average molecular weight is 340 g/mol. The van der Waals surface area contributed by atoms with Crippen LogP contribution in [-0.4, -0.2) is 25.7 Å². The van der Waals surface area contributed by atoms with E-state index in [0.29, 0.717) is 35.1 Å². The van der Waals surface area contributed by atoms with Gasteiger partial charge in [0.2, 0.25) is 0 Å². The van der Waals surface area contributed by atoms with E-state index in [4.69, 9.17) is 19.5 Å². The average Bonchev–Trinajstić information content (AvgIpc) is 2.63. The minimum absolute atomic E-state index is 0.323. The van der Waals surface area contributed by atoms with E-state index in [2.05, 4.69) is 5.32 Å². The number of rotatable bonds is 7. The van der Waals surface area contributed by atoms with E-state index in [1.807, 2.05) is 19.1 Å². The van der Waals surface area contributed by atoms with Crippen LogP contribution in [0.15, 0.2) is 42.5 Å². The molecule has 130 valence electrons. The summed E-state index contributed by atoms with van der Waals surface area (Å²) in [4.78, 5) is 12.4. The monoisotopic (exact) mass is 340 g/mol. The van der Waals surface area contributed by atoms with Crippen LogP contribution in [0.25, 0.3) is 0 Å². The fraction of sp³-hybridized carbons (Fsp3) is 0.263. The number of para-hydroxylation sites is 2. The molecule has 0 aromatic heterocycles. The Hall–Kier alpha value is -3.20. The van der Waals surface area contributed by atoms with Crippen LogP contribution in [0.1, 0.15) is 19.4 Å². The van der Waals surface area contributed by atoms with Crippen LogP contribution in [0, 0.1) is 11.3 Å². The summed E-state index contributed by atoms with van der Waals surface area (Å²) in [6.07, 6.45) is -0.767. The second kappa shape index (κ2) is 8.60. The first-order valence-electron chi connectivity index (χ1n) is 7.86. The van der Waals surface area contributed by atoms with Crippen molar-refractivity contribution in [2.75, 3.05) is 19.0 Å². The molecule has 0 unspecified atom stereocenters. The number of carbonyl (C=O) groups is 1. The lowest BCUT2D eigenvalue weighted by Gasteiger charge is -2.18. The second-order valence-electron chi connectivity index (χ2n) is 5.16. The zero-order chi connectivity index (χ0) is 18.2. The molecule has 2 rings (SSSR count). The Morgan fingerprint density at radius 3 is 2.64 bits per heavy atom. The van der Waals surface area contributed by atoms with E-state index in [1.165, 1.54) is 7.11 Å². The first-order valence-corrected chi connectivity index (χ1v) is 7.86. The van der Waals surface area contributed by atoms with Crippen molar-refractivity contribution < 1.29 is 19.0 Å². The lowest BCUT2D eigenvalue weighted by Crippen LogP contribution is -2.30. The van der Waals surface area contributed by atoms with Crippen LogP contribution < -0.4 is 19.5 Å². The second-order valence-corrected chi connectivity index (χ2v) is 5.16. The van der Waals surface area contributed by atoms with Crippen LogP contribution in [0.2, 0.25) is 0 Å². The molecule has 6 nitrogen and oxygen atoms in total. The molecule has 0 aliphatic rings. The van der Waals surface area contributed by atoms with Crippen molar-refractivity contribution in [1.29, 1.82) is 5.26 Å². The van der Waals surface area contributed by atoms with Crippen LogP contribution in [-0.2, 0) is 4.79 Å². The van der Waals surface area contributed by atoms with Gasteiger partial charge in [-0.2, -0.15) is 5.26 Å². The Morgan fingerprint density at radius 2 is 1.96 bits per heavy atom. The number of hydrogen-bond donors (Lipinski definition) is 1. The molecule has 1 amide bonds. The van der Waals surface area contributed by atoms with Crippen molar-refractivity contribution in [1.82, 2.24) is 0 Å². The van der Waals surface area contributed by atoms with Gasteiger partial charge in [-0.3, -0.25) is 4.79 Å². The minimum Gasteiger partial charge on any atom is -0.495 e. The Labute approximate surface area is 146 Å². The van der Waals surface area contributed by atoms with Crippen LogP contribution in [0.3, 0.4) is 0 Å². The van der Waals surface area contributed by atoms with Crippen molar-refractivity contribution in [2.24, 2.45) is 0 Å². The number of hydrogen-bond acceptors (Lipinski definition) is 5. The number of nitrogens with one attached hydrogen (secondary N) is 1. The molecule has 0 aliphatic carbocycles. The third-order valence-corrected chi connectivity index (χ3v) is 3.41. The number of methoxy groups -OCH3 is 1. The van der Waals surface area contributed by atoms with Gasteiger partial charge < -0.3 is 19.5 Å². The maximum atomic E-state index is 12.4. The Balaban J connectivity index is 2.12. The molecule has 0 saturated heterocycles. The van der Waals surface area contributed by atoms with Crippen LogP contribution in [0.4, 0.5) is 5.69 Å². The molecule has 2 aromatic carbocycles. The highest BCUT2D eigenvalue weighted by molar-refractivity contribution is 5.95. The van der Waals surface area contributed by atoms with Crippen LogP contribution >= 0.6 is 0 Å². The van der Waals surface area contributed by atoms with Crippen molar-refractivity contribution >= 4 is 11.6 Å². The lowest BCUT2D eigenvalue weighted by molar-refractivity contribution is -0.122. The van der Waals surface area contributed by atoms with Gasteiger partial charge in [0.25, 0.3) is 5.91 Å². The van der Waals surface area contributed by atoms with E-state index in [-0.39, 0.29) is 5.91 Å². The molecule has 0 aliphatic heterocycles. The van der Waals surface area contributed by atoms with Gasteiger partial charge in [-0.05, 0) is 38.1 Å². The van der Waals surface area contributed by atoms with Crippen molar-refractivity contribution in [3.63, 3.8) is 0 Å². The maximum Gasteiger partial charge on any atom is 0.265 e. The summed E-state index contributed by atoms with van der Waals surface area (Å²) in [6, 6.07) is 14.0. The number of ether oxygens (including phenoxy) is 3. The highest BCUT2D eigenvalue weighted by Crippen LogP contribution is 2.30. The minimum atomic E-state index is -0.767. The van der Waals surface area contributed by atoms with Gasteiger partial charge in [-0.15, -0.1) is 0 Å². The van der Waals surface area contributed by atoms with E-state index < -0.39 is 6.10 Å². The van der Waals surface area contributed by atoms with Gasteiger partial charge in [0.1, 0.15) is 5.75 Å². The van der Waals surface area contributed by atoms with Gasteiger partial charge in [0, 0.05) is 6.07 Å². The molecule has 6 heteroatoms. The predicted octanol–water partition coefficient (Wildman–Crippen LogP) is 3.37. The number of amides is 1. The Kier molecular flexibility index (Phi) is 6.24. The summed E-state index contributed by atoms with van der Waals surface area (Å²) in [6.45, 7) is 3.90. The van der Waals surface area contributed by atoms with Gasteiger partial charge >= 0.3 is 0 Å². The standard InChI is InChI=1S/C19H20N2O4/c1-4-24-18-11-14(12-20)9-10-17(18)25-13(2)19(22)21-15-7-5-6-8-16(15)23-3/h5-11,13H,4H2,1-3H3,(H,21,22)/t13-/m0/s1. The molecule has 0 bridgehead atoms. The molecule has 0 spiro atoms. The Bertz CT molecular complexity index is 783. The molecule has 0 saturated carbocycles. The quantitative estimate of drug-likeness (QED) is 0.836. The van der Waals surface area contributed by atoms with Crippen molar-refractivity contribution in [3.8, 4) is 23.3 Å². The molecule has 0 fully saturated rings. The summed E-state index contributed by atoms with van der Waals surface area (Å²) in [5.74, 6) is 1.08. The van der Waals surface area contributed by atoms with E-state index in [1.54, 1.807) is 43.3 Å². The van der Waals surface area contributed by atoms with E-state index in [9.17, 15) is 4.79 Å². The first kappa shape index (κ1) is 18.1. The highest BCUT2D eigenvalue weighted by Gasteiger charge is 2.18. The molecule has 1 N–H and O–H groups in total. The van der Waals surface area contributed by atoms with E-state index >= 15 is 0 Å². The van der Waals surface area contributed by atoms with Gasteiger partial charge in [-0.1, -0.05) is 12.1 Å². The smallest absolute Gasteiger partial charge is 0.265 e. The van der Waals surface area contributed by atoms with E-state index in [0.717, 1.165) is 0 Å². The van der Waals surface area contributed by atoms with Crippen LogP contribution in [0.5, 0.6) is 17.2 Å². The molecule has 0 heterocycles. The summed E-state index contributed by atoms with van der Waals surface area (Å²) < 4.78 is 16.4. The molecule has 0 radical (unpaired) electrons. The summed E-state index contributed by atoms with van der Waals surface area (Å²) in [7, 11) is 1.54. The fourth-order valence-electron chi connectivity index (χ4n) is 2.17. The lowest BCUT2D eigenvalue weighted by atomic mass is 10.2. The zero-order valence-corrected chi connectivity index (χ0v) is 14.4. The third-order valence-electron chi connectivity index (χ3n) is 3.41. The summed E-state index contributed by atoms with van der Waals surface area (Å²) in [5, 5.41) is 11.8. The van der Waals surface area contributed by atoms with Gasteiger partial charge in [-0.25, -0.2) is 0 Å². The fourth-order valence-corrected chi connectivity index (χ4v) is 2.17. The topological polar surface area (TPSA) is 80.6 Å². The normalized spacial score (nSPS) is 11.1. The molecule has 1 atom stereocenters. The Morgan fingerprint density at radius 1 is 1.20 bits per heavy atom. The predicted molar refractivity (Wildman–Crippen MR) is 94.0 cm³/mol. The number of benzene rings is 2. The largest absolute Gasteiger partial charge is 0.495 e. The number of anilines is 1. The molecule has 25 heavy (non-hydrogen) atoms. The number of nitrogens with zero attached hydrogens (tertiary/aromatic N) is 1. The van der Waals surface area contributed by atoms with Gasteiger partial charge in [0.05, 0.1) is 31.0 Å².